The quantitative estimate of drug-likeness (QED) is 0.555. The Morgan fingerprint density at radius 1 is 1.00 bits per heavy atom. The molecule has 4 aromatic rings. The van der Waals surface area contributed by atoms with Crippen molar-refractivity contribution in [2.75, 3.05) is 5.32 Å². The van der Waals surface area contributed by atoms with Crippen LogP contribution >= 0.6 is 0 Å². The number of halogens is 1. The molecule has 1 N–H and O–H groups in total. The van der Waals surface area contributed by atoms with Crippen LogP contribution in [0, 0.1) is 12.7 Å². The summed E-state index contributed by atoms with van der Waals surface area (Å²) < 4.78 is 18.8. The highest BCUT2D eigenvalue weighted by atomic mass is 19.1. The zero-order valence-corrected chi connectivity index (χ0v) is 14.0. The van der Waals surface area contributed by atoms with Crippen LogP contribution in [0.25, 0.3) is 22.6 Å². The minimum atomic E-state index is -0.314. The fourth-order valence-electron chi connectivity index (χ4n) is 2.63. The lowest BCUT2D eigenvalue weighted by atomic mass is 10.1. The molecule has 128 valence electrons. The van der Waals surface area contributed by atoms with Gasteiger partial charge in [0.25, 0.3) is 5.91 Å². The largest absolute Gasteiger partial charge is 0.436 e. The van der Waals surface area contributed by atoms with Gasteiger partial charge >= 0.3 is 0 Å². The SMILES string of the molecule is Cc1ccc(C(=O)Nc2ccc3oc(-c4ccc(F)cc4)nc3c2)cc1. The molecular formula is C21H15FN2O2. The first-order valence-corrected chi connectivity index (χ1v) is 8.13. The van der Waals surface area contributed by atoms with Gasteiger partial charge in [0, 0.05) is 16.8 Å². The van der Waals surface area contributed by atoms with E-state index in [1.807, 2.05) is 19.1 Å². The summed E-state index contributed by atoms with van der Waals surface area (Å²) in [4.78, 5) is 16.8. The van der Waals surface area contributed by atoms with Gasteiger partial charge in [0.1, 0.15) is 11.3 Å². The van der Waals surface area contributed by atoms with Crippen molar-refractivity contribution in [3.8, 4) is 11.5 Å². The number of benzene rings is 3. The van der Waals surface area contributed by atoms with Gasteiger partial charge < -0.3 is 9.73 Å². The Morgan fingerprint density at radius 3 is 2.46 bits per heavy atom. The number of oxazole rings is 1. The number of carbonyl (C=O) groups excluding carboxylic acids is 1. The van der Waals surface area contributed by atoms with Gasteiger partial charge in [-0.3, -0.25) is 4.79 Å². The normalized spacial score (nSPS) is 10.8. The summed E-state index contributed by atoms with van der Waals surface area (Å²) in [7, 11) is 0. The first kappa shape index (κ1) is 16.0. The Bertz CT molecular complexity index is 1080. The molecule has 26 heavy (non-hydrogen) atoms. The smallest absolute Gasteiger partial charge is 0.255 e. The summed E-state index contributed by atoms with van der Waals surface area (Å²) in [5, 5.41) is 2.86. The van der Waals surface area contributed by atoms with E-state index < -0.39 is 0 Å². The predicted molar refractivity (Wildman–Crippen MR) is 98.5 cm³/mol. The van der Waals surface area contributed by atoms with Gasteiger partial charge in [-0.2, -0.15) is 0 Å². The molecule has 0 aliphatic carbocycles. The Balaban J connectivity index is 1.60. The number of aromatic nitrogens is 1. The van der Waals surface area contributed by atoms with Crippen LogP contribution in [0.2, 0.25) is 0 Å². The maximum absolute atomic E-state index is 13.1. The Labute approximate surface area is 149 Å². The van der Waals surface area contributed by atoms with Gasteiger partial charge in [-0.1, -0.05) is 17.7 Å². The highest BCUT2D eigenvalue weighted by molar-refractivity contribution is 6.04. The third-order valence-corrected chi connectivity index (χ3v) is 4.05. The standard InChI is InChI=1S/C21H15FN2O2/c1-13-2-4-14(5-3-13)20(25)23-17-10-11-19-18(12-17)24-21(26-19)15-6-8-16(22)9-7-15/h2-12H,1H3,(H,23,25). The molecule has 5 heteroatoms. The highest BCUT2D eigenvalue weighted by Gasteiger charge is 2.11. The van der Waals surface area contributed by atoms with Crippen LogP contribution < -0.4 is 5.32 Å². The van der Waals surface area contributed by atoms with Crippen molar-refractivity contribution in [3.63, 3.8) is 0 Å². The predicted octanol–water partition coefficient (Wildman–Crippen LogP) is 5.19. The van der Waals surface area contributed by atoms with E-state index >= 15 is 0 Å². The second kappa shape index (κ2) is 6.44. The van der Waals surface area contributed by atoms with Gasteiger partial charge in [-0.25, -0.2) is 9.37 Å². The summed E-state index contributed by atoms with van der Waals surface area (Å²) in [6.45, 7) is 1.97. The second-order valence-electron chi connectivity index (χ2n) is 6.03. The Kier molecular flexibility index (Phi) is 3.97. The van der Waals surface area contributed by atoms with Crippen molar-refractivity contribution in [1.82, 2.24) is 4.98 Å². The number of hydrogen-bond acceptors (Lipinski definition) is 3. The van der Waals surface area contributed by atoms with E-state index in [1.54, 1.807) is 42.5 Å². The first-order chi connectivity index (χ1) is 12.6. The number of rotatable bonds is 3. The molecule has 0 radical (unpaired) electrons. The summed E-state index contributed by atoms with van der Waals surface area (Å²) in [5.74, 6) is -0.0976. The van der Waals surface area contributed by atoms with E-state index in [1.165, 1.54) is 12.1 Å². The van der Waals surface area contributed by atoms with Crippen LogP contribution in [0.5, 0.6) is 0 Å². The van der Waals surface area contributed by atoms with Crippen LogP contribution in [0.4, 0.5) is 10.1 Å². The van der Waals surface area contributed by atoms with Crippen LogP contribution in [0.15, 0.2) is 71.1 Å². The zero-order chi connectivity index (χ0) is 18.1. The molecule has 1 aromatic heterocycles. The van der Waals surface area contributed by atoms with Gasteiger partial charge in [0.15, 0.2) is 5.58 Å². The molecule has 1 amide bonds. The number of hydrogen-bond donors (Lipinski definition) is 1. The molecule has 0 aliphatic rings. The second-order valence-corrected chi connectivity index (χ2v) is 6.03. The fraction of sp³-hybridized carbons (Fsp3) is 0.0476. The first-order valence-electron chi connectivity index (χ1n) is 8.13. The third kappa shape index (κ3) is 3.19. The number of carbonyl (C=O) groups is 1. The third-order valence-electron chi connectivity index (χ3n) is 4.05. The van der Waals surface area contributed by atoms with Crippen LogP contribution in [-0.4, -0.2) is 10.9 Å². The van der Waals surface area contributed by atoms with Gasteiger partial charge in [0.05, 0.1) is 0 Å². The maximum Gasteiger partial charge on any atom is 0.255 e. The molecule has 0 aliphatic heterocycles. The highest BCUT2D eigenvalue weighted by Crippen LogP contribution is 2.26. The molecule has 0 bridgehead atoms. The molecule has 0 saturated carbocycles. The molecule has 1 heterocycles. The van der Waals surface area contributed by atoms with Crippen molar-refractivity contribution < 1.29 is 13.6 Å². The Hall–Kier alpha value is -3.47. The van der Waals surface area contributed by atoms with Crippen LogP contribution in [0.3, 0.4) is 0 Å². The lowest BCUT2D eigenvalue weighted by Gasteiger charge is -2.05. The molecule has 0 unspecified atom stereocenters. The fourth-order valence-corrected chi connectivity index (χ4v) is 2.63. The van der Waals surface area contributed by atoms with Gasteiger partial charge in [0.2, 0.25) is 5.89 Å². The average molecular weight is 346 g/mol. The molecule has 4 nitrogen and oxygen atoms in total. The lowest BCUT2D eigenvalue weighted by molar-refractivity contribution is 0.102. The molecule has 0 fully saturated rings. The lowest BCUT2D eigenvalue weighted by Crippen LogP contribution is -2.11. The van der Waals surface area contributed by atoms with E-state index in [0.717, 1.165) is 5.56 Å². The van der Waals surface area contributed by atoms with E-state index in [2.05, 4.69) is 10.3 Å². The number of nitrogens with zero attached hydrogens (tertiary/aromatic N) is 1. The van der Waals surface area contributed by atoms with E-state index in [0.29, 0.717) is 33.8 Å². The minimum Gasteiger partial charge on any atom is -0.436 e. The van der Waals surface area contributed by atoms with Gasteiger partial charge in [-0.05, 0) is 61.5 Å². The van der Waals surface area contributed by atoms with Crippen molar-refractivity contribution in [2.24, 2.45) is 0 Å². The van der Waals surface area contributed by atoms with E-state index in [4.69, 9.17) is 4.42 Å². The topological polar surface area (TPSA) is 55.1 Å². The number of aryl methyl sites for hydroxylation is 1. The van der Waals surface area contributed by atoms with Crippen molar-refractivity contribution >= 4 is 22.7 Å². The van der Waals surface area contributed by atoms with Crippen molar-refractivity contribution in [1.29, 1.82) is 0 Å². The van der Waals surface area contributed by atoms with Crippen LogP contribution in [-0.2, 0) is 0 Å². The maximum atomic E-state index is 13.1. The number of fused-ring (bicyclic) bond motifs is 1. The van der Waals surface area contributed by atoms with Crippen molar-refractivity contribution in [3.05, 3.63) is 83.7 Å². The molecule has 0 spiro atoms. The Morgan fingerprint density at radius 2 is 1.73 bits per heavy atom. The number of anilines is 1. The number of amides is 1. The molecule has 3 aromatic carbocycles. The molecule has 0 saturated heterocycles. The van der Waals surface area contributed by atoms with E-state index in [-0.39, 0.29) is 11.7 Å². The summed E-state index contributed by atoms with van der Waals surface area (Å²) in [6.07, 6.45) is 0. The summed E-state index contributed by atoms with van der Waals surface area (Å²) >= 11 is 0. The molecule has 0 atom stereocenters. The van der Waals surface area contributed by atoms with E-state index in [9.17, 15) is 9.18 Å². The summed E-state index contributed by atoms with van der Waals surface area (Å²) in [6, 6.07) is 18.6. The summed E-state index contributed by atoms with van der Waals surface area (Å²) in [5.41, 5.74) is 4.21. The van der Waals surface area contributed by atoms with Crippen molar-refractivity contribution in [2.45, 2.75) is 6.92 Å². The average Bonchev–Trinajstić information content (AvgIpc) is 3.06. The monoisotopic (exact) mass is 346 g/mol. The minimum absolute atomic E-state index is 0.188. The number of nitrogens with one attached hydrogen (secondary N) is 1. The van der Waals surface area contributed by atoms with Crippen LogP contribution in [0.1, 0.15) is 15.9 Å². The molecule has 4 rings (SSSR count). The van der Waals surface area contributed by atoms with Gasteiger partial charge in [-0.15, -0.1) is 0 Å². The molecular weight excluding hydrogens is 331 g/mol. The zero-order valence-electron chi connectivity index (χ0n) is 14.0.